The summed E-state index contributed by atoms with van der Waals surface area (Å²) in [5.74, 6) is -0.583. The van der Waals surface area contributed by atoms with Crippen LogP contribution in [0, 0.1) is 12.7 Å². The highest BCUT2D eigenvalue weighted by Gasteiger charge is 2.26. The molecule has 1 N–H and O–H groups in total. The summed E-state index contributed by atoms with van der Waals surface area (Å²) in [6.45, 7) is 1.75. The van der Waals surface area contributed by atoms with Gasteiger partial charge >= 0.3 is 0 Å². The van der Waals surface area contributed by atoms with Gasteiger partial charge in [-0.15, -0.1) is 0 Å². The second kappa shape index (κ2) is 7.16. The molecule has 0 saturated carbocycles. The monoisotopic (exact) mass is 383 g/mol. The van der Waals surface area contributed by atoms with Crippen LogP contribution in [0.25, 0.3) is 5.69 Å². The first kappa shape index (κ1) is 17.7. The lowest BCUT2D eigenvalue weighted by atomic mass is 9.87. The molecule has 1 amide bonds. The van der Waals surface area contributed by atoms with E-state index in [1.807, 2.05) is 12.1 Å². The number of benzene rings is 2. The molecule has 4 rings (SSSR count). The zero-order valence-corrected chi connectivity index (χ0v) is 15.6. The smallest absolute Gasteiger partial charge is 0.256 e. The number of rotatable bonds is 3. The maximum Gasteiger partial charge on any atom is 0.256 e. The normalized spacial score (nSPS) is 16.0. The Hall–Kier alpha value is -2.66. The predicted octanol–water partition coefficient (Wildman–Crippen LogP) is 4.78. The van der Waals surface area contributed by atoms with Crippen molar-refractivity contribution < 1.29 is 9.18 Å². The molecule has 2 aromatic carbocycles. The van der Waals surface area contributed by atoms with Crippen LogP contribution in [0.15, 0.2) is 48.5 Å². The number of carbonyl (C=O) groups excluding carboxylic acids is 1. The number of fused-ring (bicyclic) bond motifs is 1. The minimum absolute atomic E-state index is 0.0351. The van der Waals surface area contributed by atoms with E-state index in [1.54, 1.807) is 19.1 Å². The first-order chi connectivity index (χ1) is 13.0. The van der Waals surface area contributed by atoms with Gasteiger partial charge in [-0.2, -0.15) is 5.10 Å². The molecule has 0 fully saturated rings. The van der Waals surface area contributed by atoms with Crippen LogP contribution in [0.1, 0.15) is 46.1 Å². The number of hydrogen-bond acceptors (Lipinski definition) is 2. The molecule has 0 bridgehead atoms. The standard InChI is InChI=1S/C21H19ClFN3O/c1-13-19(20(22)26(25-13)16-11-9-15(23)10-12-16)21(27)24-18-8-4-6-14-5-2-3-7-17(14)18/h2-3,5,7,9-12,18H,4,6,8H2,1H3,(H,24,27)/t18-/m1/s1. The lowest BCUT2D eigenvalue weighted by Crippen LogP contribution is -2.31. The molecule has 1 heterocycles. The van der Waals surface area contributed by atoms with E-state index in [9.17, 15) is 9.18 Å². The van der Waals surface area contributed by atoms with E-state index in [-0.39, 0.29) is 22.9 Å². The molecule has 0 saturated heterocycles. The number of carbonyl (C=O) groups is 1. The van der Waals surface area contributed by atoms with Crippen LogP contribution in [0.2, 0.25) is 5.15 Å². The molecule has 0 unspecified atom stereocenters. The summed E-state index contributed by atoms with van der Waals surface area (Å²) in [7, 11) is 0. The van der Waals surface area contributed by atoms with Gasteiger partial charge in [0, 0.05) is 0 Å². The molecule has 0 spiro atoms. The average Bonchev–Trinajstić information content (AvgIpc) is 2.97. The highest BCUT2D eigenvalue weighted by atomic mass is 35.5. The third-order valence-corrected chi connectivity index (χ3v) is 5.33. The lowest BCUT2D eigenvalue weighted by Gasteiger charge is -2.26. The Morgan fingerprint density at radius 3 is 2.74 bits per heavy atom. The van der Waals surface area contributed by atoms with E-state index in [1.165, 1.54) is 22.4 Å². The van der Waals surface area contributed by atoms with Crippen molar-refractivity contribution in [3.05, 3.63) is 81.9 Å². The molecule has 1 atom stereocenters. The van der Waals surface area contributed by atoms with Crippen molar-refractivity contribution >= 4 is 17.5 Å². The third kappa shape index (κ3) is 3.35. The summed E-state index contributed by atoms with van der Waals surface area (Å²) < 4.78 is 14.6. The topological polar surface area (TPSA) is 46.9 Å². The maximum atomic E-state index is 13.2. The van der Waals surface area contributed by atoms with Crippen LogP contribution >= 0.6 is 11.6 Å². The van der Waals surface area contributed by atoms with E-state index < -0.39 is 0 Å². The molecule has 1 aliphatic carbocycles. The summed E-state index contributed by atoms with van der Waals surface area (Å²) >= 11 is 6.46. The van der Waals surface area contributed by atoms with E-state index >= 15 is 0 Å². The summed E-state index contributed by atoms with van der Waals surface area (Å²) in [4.78, 5) is 13.0. The van der Waals surface area contributed by atoms with Gasteiger partial charge in [-0.1, -0.05) is 35.9 Å². The lowest BCUT2D eigenvalue weighted by molar-refractivity contribution is 0.0932. The molecular weight excluding hydrogens is 365 g/mol. The van der Waals surface area contributed by atoms with Gasteiger partial charge in [0.25, 0.3) is 5.91 Å². The number of nitrogens with zero attached hydrogens (tertiary/aromatic N) is 2. The van der Waals surface area contributed by atoms with Crippen molar-refractivity contribution in [2.45, 2.75) is 32.2 Å². The molecule has 0 radical (unpaired) electrons. The van der Waals surface area contributed by atoms with Crippen molar-refractivity contribution in [2.24, 2.45) is 0 Å². The summed E-state index contributed by atoms with van der Waals surface area (Å²) in [6, 6.07) is 14.0. The first-order valence-electron chi connectivity index (χ1n) is 8.94. The second-order valence-electron chi connectivity index (χ2n) is 6.76. The van der Waals surface area contributed by atoms with Crippen LogP contribution in [-0.2, 0) is 6.42 Å². The molecule has 138 valence electrons. The number of aromatic nitrogens is 2. The Balaban J connectivity index is 1.63. The second-order valence-corrected chi connectivity index (χ2v) is 7.11. The van der Waals surface area contributed by atoms with Gasteiger partial charge in [-0.05, 0) is 61.6 Å². The highest BCUT2D eigenvalue weighted by molar-refractivity contribution is 6.33. The van der Waals surface area contributed by atoms with Crippen LogP contribution in [-0.4, -0.2) is 15.7 Å². The third-order valence-electron chi connectivity index (χ3n) is 4.98. The Morgan fingerprint density at radius 2 is 1.96 bits per heavy atom. The van der Waals surface area contributed by atoms with E-state index in [0.29, 0.717) is 16.9 Å². The van der Waals surface area contributed by atoms with Crippen LogP contribution in [0.5, 0.6) is 0 Å². The number of amides is 1. The minimum Gasteiger partial charge on any atom is -0.345 e. The van der Waals surface area contributed by atoms with Gasteiger partial charge < -0.3 is 5.32 Å². The van der Waals surface area contributed by atoms with Gasteiger partial charge in [0.1, 0.15) is 11.0 Å². The van der Waals surface area contributed by atoms with Crippen molar-refractivity contribution in [2.75, 3.05) is 0 Å². The van der Waals surface area contributed by atoms with Crippen molar-refractivity contribution in [1.29, 1.82) is 0 Å². The van der Waals surface area contributed by atoms with Crippen molar-refractivity contribution in [3.63, 3.8) is 0 Å². The molecule has 3 aromatic rings. The maximum absolute atomic E-state index is 13.2. The summed E-state index contributed by atoms with van der Waals surface area (Å²) in [5.41, 5.74) is 3.93. The zero-order chi connectivity index (χ0) is 19.0. The first-order valence-corrected chi connectivity index (χ1v) is 9.32. The largest absolute Gasteiger partial charge is 0.345 e. The Labute approximate surface area is 162 Å². The number of halogens is 2. The number of aryl methyl sites for hydroxylation is 2. The molecule has 27 heavy (non-hydrogen) atoms. The van der Waals surface area contributed by atoms with E-state index in [0.717, 1.165) is 24.8 Å². The molecule has 1 aliphatic rings. The predicted molar refractivity (Wildman–Crippen MR) is 103 cm³/mol. The zero-order valence-electron chi connectivity index (χ0n) is 14.9. The number of nitrogens with one attached hydrogen (secondary N) is 1. The molecule has 0 aliphatic heterocycles. The average molecular weight is 384 g/mol. The van der Waals surface area contributed by atoms with Gasteiger partial charge in [0.05, 0.1) is 23.0 Å². The molecular formula is C21H19ClFN3O. The fourth-order valence-corrected chi connectivity index (χ4v) is 4.00. The molecule has 1 aromatic heterocycles. The van der Waals surface area contributed by atoms with Gasteiger partial charge in [-0.3, -0.25) is 4.79 Å². The fraction of sp³-hybridized carbons (Fsp3) is 0.238. The Kier molecular flexibility index (Phi) is 4.70. The van der Waals surface area contributed by atoms with Crippen molar-refractivity contribution in [1.82, 2.24) is 15.1 Å². The highest BCUT2D eigenvalue weighted by Crippen LogP contribution is 2.31. The Morgan fingerprint density at radius 1 is 1.22 bits per heavy atom. The number of hydrogen-bond donors (Lipinski definition) is 1. The fourth-order valence-electron chi connectivity index (χ4n) is 3.64. The van der Waals surface area contributed by atoms with Crippen molar-refractivity contribution in [3.8, 4) is 5.69 Å². The Bertz CT molecular complexity index is 997. The van der Waals surface area contributed by atoms with Crippen LogP contribution in [0.3, 0.4) is 0 Å². The summed E-state index contributed by atoms with van der Waals surface area (Å²) in [5, 5.41) is 7.70. The quantitative estimate of drug-likeness (QED) is 0.707. The molecule has 4 nitrogen and oxygen atoms in total. The van der Waals surface area contributed by atoms with Crippen LogP contribution in [0.4, 0.5) is 4.39 Å². The van der Waals surface area contributed by atoms with E-state index in [4.69, 9.17) is 11.6 Å². The minimum atomic E-state index is -0.340. The van der Waals surface area contributed by atoms with Crippen LogP contribution < -0.4 is 5.32 Å². The van der Waals surface area contributed by atoms with E-state index in [2.05, 4.69) is 22.5 Å². The molecule has 6 heteroatoms. The van der Waals surface area contributed by atoms with Gasteiger partial charge in [0.2, 0.25) is 0 Å². The van der Waals surface area contributed by atoms with Gasteiger partial charge in [0.15, 0.2) is 0 Å². The summed E-state index contributed by atoms with van der Waals surface area (Å²) in [6.07, 6.45) is 2.96. The van der Waals surface area contributed by atoms with Gasteiger partial charge in [-0.25, -0.2) is 9.07 Å². The SMILES string of the molecule is Cc1nn(-c2ccc(F)cc2)c(Cl)c1C(=O)N[C@@H]1CCCc2ccccc21.